The number of rotatable bonds is 4. The van der Waals surface area contributed by atoms with Gasteiger partial charge in [-0.3, -0.25) is 4.79 Å². The molecule has 0 spiro atoms. The second-order valence-corrected chi connectivity index (χ2v) is 3.01. The molecule has 0 saturated heterocycles. The first kappa shape index (κ1) is 9.77. The van der Waals surface area contributed by atoms with E-state index < -0.39 is 0 Å². The number of aryl methyl sites for hydroxylation is 1. The lowest BCUT2D eigenvalue weighted by atomic mass is 10.2. The number of aromatic hydroxyl groups is 1. The topological polar surface area (TPSA) is 66.0 Å². The lowest BCUT2D eigenvalue weighted by Gasteiger charge is -1.99. The summed E-state index contributed by atoms with van der Waals surface area (Å²) in [6.45, 7) is 2.11. The zero-order valence-corrected chi connectivity index (χ0v) is 7.71. The smallest absolute Gasteiger partial charge is 0.254 e. The summed E-state index contributed by atoms with van der Waals surface area (Å²) in [6, 6.07) is 1.07. The van der Waals surface area contributed by atoms with E-state index in [4.69, 9.17) is 5.11 Å². The number of H-pyrrole nitrogens is 1. The molecule has 0 bridgehead atoms. The maximum Gasteiger partial charge on any atom is 0.254 e. The van der Waals surface area contributed by atoms with E-state index in [2.05, 4.69) is 16.9 Å². The van der Waals surface area contributed by atoms with Gasteiger partial charge in [0.15, 0.2) is 0 Å². The molecule has 0 amide bonds. The lowest BCUT2D eigenvalue weighted by Crippen LogP contribution is -2.09. The van der Waals surface area contributed by atoms with Gasteiger partial charge in [0.25, 0.3) is 5.56 Å². The van der Waals surface area contributed by atoms with Crippen LogP contribution in [0.3, 0.4) is 0 Å². The van der Waals surface area contributed by atoms with Crippen molar-refractivity contribution in [1.29, 1.82) is 0 Å². The number of hydrogen-bond donors (Lipinski definition) is 2. The molecular formula is C9H14N2O2. The number of unbranched alkanes of at least 4 members (excludes halogenated alkanes) is 2. The molecule has 4 nitrogen and oxygen atoms in total. The van der Waals surface area contributed by atoms with Crippen LogP contribution in [-0.4, -0.2) is 15.1 Å². The minimum Gasteiger partial charge on any atom is -0.493 e. The van der Waals surface area contributed by atoms with Gasteiger partial charge in [0.2, 0.25) is 5.88 Å². The van der Waals surface area contributed by atoms with E-state index in [1.165, 1.54) is 0 Å². The number of hydrogen-bond acceptors (Lipinski definition) is 3. The molecule has 0 unspecified atom stereocenters. The van der Waals surface area contributed by atoms with Crippen LogP contribution < -0.4 is 5.56 Å². The summed E-state index contributed by atoms with van der Waals surface area (Å²) >= 11 is 0. The Morgan fingerprint density at radius 2 is 2.31 bits per heavy atom. The zero-order valence-electron chi connectivity index (χ0n) is 7.71. The highest BCUT2D eigenvalue weighted by Crippen LogP contribution is 2.03. The average molecular weight is 182 g/mol. The van der Waals surface area contributed by atoms with Crippen molar-refractivity contribution in [3.63, 3.8) is 0 Å². The Morgan fingerprint density at radius 3 is 2.92 bits per heavy atom. The second kappa shape index (κ2) is 4.64. The summed E-state index contributed by atoms with van der Waals surface area (Å²) in [6.07, 6.45) is 3.95. The first-order valence-electron chi connectivity index (χ1n) is 4.51. The molecule has 0 aliphatic heterocycles. The third kappa shape index (κ3) is 3.27. The fourth-order valence-corrected chi connectivity index (χ4v) is 1.15. The van der Waals surface area contributed by atoms with E-state index in [0.717, 1.165) is 31.7 Å². The first-order chi connectivity index (χ1) is 6.22. The Balaban J connectivity index is 2.61. The van der Waals surface area contributed by atoms with Gasteiger partial charge in [0.1, 0.15) is 5.82 Å². The lowest BCUT2D eigenvalue weighted by molar-refractivity contribution is 0.447. The fourth-order valence-electron chi connectivity index (χ4n) is 1.15. The Morgan fingerprint density at radius 1 is 1.54 bits per heavy atom. The molecule has 2 N–H and O–H groups in total. The van der Waals surface area contributed by atoms with Gasteiger partial charge in [-0.05, 0) is 6.42 Å². The van der Waals surface area contributed by atoms with Crippen molar-refractivity contribution < 1.29 is 5.11 Å². The van der Waals surface area contributed by atoms with Gasteiger partial charge >= 0.3 is 0 Å². The van der Waals surface area contributed by atoms with E-state index in [0.29, 0.717) is 5.82 Å². The molecule has 1 rings (SSSR count). The van der Waals surface area contributed by atoms with Gasteiger partial charge in [-0.25, -0.2) is 4.98 Å². The van der Waals surface area contributed by atoms with Crippen molar-refractivity contribution in [2.75, 3.05) is 0 Å². The van der Waals surface area contributed by atoms with E-state index >= 15 is 0 Å². The quantitative estimate of drug-likeness (QED) is 0.688. The van der Waals surface area contributed by atoms with Crippen molar-refractivity contribution in [3.05, 3.63) is 22.2 Å². The largest absolute Gasteiger partial charge is 0.493 e. The van der Waals surface area contributed by atoms with Gasteiger partial charge in [0, 0.05) is 6.42 Å². The predicted molar refractivity (Wildman–Crippen MR) is 49.8 cm³/mol. The molecule has 0 aliphatic rings. The van der Waals surface area contributed by atoms with Crippen LogP contribution in [0.25, 0.3) is 0 Å². The Hall–Kier alpha value is -1.32. The average Bonchev–Trinajstić information content (AvgIpc) is 2.03. The Bertz CT molecular complexity index is 320. The van der Waals surface area contributed by atoms with Crippen molar-refractivity contribution in [2.45, 2.75) is 32.6 Å². The summed E-state index contributed by atoms with van der Waals surface area (Å²) in [5.41, 5.74) is -0.293. The number of nitrogens with one attached hydrogen (secondary N) is 1. The van der Waals surface area contributed by atoms with Crippen LogP contribution >= 0.6 is 0 Å². The van der Waals surface area contributed by atoms with Crippen molar-refractivity contribution in [1.82, 2.24) is 9.97 Å². The van der Waals surface area contributed by atoms with Crippen LogP contribution in [0.2, 0.25) is 0 Å². The maximum atomic E-state index is 10.9. The highest BCUT2D eigenvalue weighted by atomic mass is 16.3. The Labute approximate surface area is 76.7 Å². The third-order valence-corrected chi connectivity index (χ3v) is 1.79. The number of aromatic amines is 1. The highest BCUT2D eigenvalue weighted by Gasteiger charge is 1.98. The summed E-state index contributed by atoms with van der Waals surface area (Å²) < 4.78 is 0. The van der Waals surface area contributed by atoms with Crippen molar-refractivity contribution in [3.8, 4) is 5.88 Å². The van der Waals surface area contributed by atoms with Gasteiger partial charge < -0.3 is 10.1 Å². The molecular weight excluding hydrogens is 168 g/mol. The minimum absolute atomic E-state index is 0.199. The van der Waals surface area contributed by atoms with Crippen LogP contribution in [0, 0.1) is 0 Å². The normalized spacial score (nSPS) is 10.2. The van der Waals surface area contributed by atoms with E-state index in [1.807, 2.05) is 0 Å². The standard InChI is InChI=1S/C9H14N2O2/c1-2-3-4-5-7-10-8(12)6-9(13)11-7/h6H,2-5H2,1H3,(H2,10,11,12,13). The molecule has 0 aromatic carbocycles. The molecule has 13 heavy (non-hydrogen) atoms. The summed E-state index contributed by atoms with van der Waals surface area (Å²) in [7, 11) is 0. The Kier molecular flexibility index (Phi) is 3.49. The second-order valence-electron chi connectivity index (χ2n) is 3.01. The summed E-state index contributed by atoms with van der Waals surface area (Å²) in [5, 5.41) is 9.02. The van der Waals surface area contributed by atoms with Crippen LogP contribution in [0.5, 0.6) is 5.88 Å². The van der Waals surface area contributed by atoms with Gasteiger partial charge in [-0.2, -0.15) is 0 Å². The molecule has 0 atom stereocenters. The van der Waals surface area contributed by atoms with Gasteiger partial charge in [-0.15, -0.1) is 0 Å². The van der Waals surface area contributed by atoms with Crippen molar-refractivity contribution >= 4 is 0 Å². The SMILES string of the molecule is CCCCCc1nc(O)cc(=O)[nH]1. The van der Waals surface area contributed by atoms with Gasteiger partial charge in [-0.1, -0.05) is 19.8 Å². The highest BCUT2D eigenvalue weighted by molar-refractivity contribution is 5.06. The van der Waals surface area contributed by atoms with Crippen LogP contribution in [-0.2, 0) is 6.42 Å². The van der Waals surface area contributed by atoms with Gasteiger partial charge in [0.05, 0.1) is 6.07 Å². The molecule has 0 aliphatic carbocycles. The zero-order chi connectivity index (χ0) is 9.68. The summed E-state index contributed by atoms with van der Waals surface area (Å²) in [5.74, 6) is 0.369. The van der Waals surface area contributed by atoms with Crippen LogP contribution in [0.1, 0.15) is 32.0 Å². The maximum absolute atomic E-state index is 10.9. The monoisotopic (exact) mass is 182 g/mol. The first-order valence-corrected chi connectivity index (χ1v) is 4.51. The third-order valence-electron chi connectivity index (χ3n) is 1.79. The molecule has 1 heterocycles. The molecule has 72 valence electrons. The number of nitrogens with zero attached hydrogens (tertiary/aromatic N) is 1. The molecule has 1 aromatic rings. The van der Waals surface area contributed by atoms with E-state index in [1.54, 1.807) is 0 Å². The predicted octanol–water partition coefficient (Wildman–Crippen LogP) is 1.21. The van der Waals surface area contributed by atoms with Crippen LogP contribution in [0.15, 0.2) is 10.9 Å². The van der Waals surface area contributed by atoms with Crippen LogP contribution in [0.4, 0.5) is 0 Å². The van der Waals surface area contributed by atoms with E-state index in [-0.39, 0.29) is 11.4 Å². The summed E-state index contributed by atoms with van der Waals surface area (Å²) in [4.78, 5) is 17.3. The molecule has 0 saturated carbocycles. The molecule has 0 fully saturated rings. The van der Waals surface area contributed by atoms with Crippen molar-refractivity contribution in [2.24, 2.45) is 0 Å². The molecule has 0 radical (unpaired) electrons. The fraction of sp³-hybridized carbons (Fsp3) is 0.556. The molecule has 1 aromatic heterocycles. The number of aromatic nitrogens is 2. The van der Waals surface area contributed by atoms with E-state index in [9.17, 15) is 4.79 Å². The molecule has 4 heteroatoms. The minimum atomic E-state index is -0.293.